The first-order valence-corrected chi connectivity index (χ1v) is 5.78. The highest BCUT2D eigenvalue weighted by atomic mass is 79.9. The zero-order valence-corrected chi connectivity index (χ0v) is 12.5. The van der Waals surface area contributed by atoms with Crippen LogP contribution in [0.5, 0.6) is 0 Å². The van der Waals surface area contributed by atoms with Gasteiger partial charge in [-0.2, -0.15) is 0 Å². The maximum atomic E-state index is 11.6. The lowest BCUT2D eigenvalue weighted by molar-refractivity contribution is -0.152. The third-order valence-corrected chi connectivity index (χ3v) is 3.25. The minimum atomic E-state index is -0.734. The van der Waals surface area contributed by atoms with E-state index in [0.29, 0.717) is 0 Å². The number of carbonyl (C=O) groups is 1. The molecule has 0 aliphatic carbocycles. The first-order valence-electron chi connectivity index (χ1n) is 4.99. The zero-order valence-electron chi connectivity index (χ0n) is 10.1. The maximum Gasteiger partial charge on any atom is 0.313 e. The van der Waals surface area contributed by atoms with Gasteiger partial charge in [0.05, 0.1) is 12.5 Å². The topological polar surface area (TPSA) is 52.3 Å². The molecule has 1 atom stereocenters. The van der Waals surface area contributed by atoms with Crippen LogP contribution in [0.3, 0.4) is 0 Å². The highest BCUT2D eigenvalue weighted by Gasteiger charge is 2.36. The lowest BCUT2D eigenvalue weighted by Gasteiger charge is -2.28. The second kappa shape index (κ2) is 6.38. The summed E-state index contributed by atoms with van der Waals surface area (Å²) in [4.78, 5) is 11.6. The largest absolute Gasteiger partial charge is 0.469 e. The van der Waals surface area contributed by atoms with E-state index in [9.17, 15) is 4.79 Å². The summed E-state index contributed by atoms with van der Waals surface area (Å²) in [6, 6.07) is 7.23. The highest BCUT2D eigenvalue weighted by molar-refractivity contribution is 9.10. The molecule has 0 unspecified atom stereocenters. The number of hydrogen-bond acceptors (Lipinski definition) is 3. The van der Waals surface area contributed by atoms with Crippen molar-refractivity contribution in [2.45, 2.75) is 19.9 Å². The van der Waals surface area contributed by atoms with Gasteiger partial charge >= 0.3 is 5.97 Å². The predicted octanol–water partition coefficient (Wildman–Crippen LogP) is 3.07. The van der Waals surface area contributed by atoms with Crippen molar-refractivity contribution in [3.05, 3.63) is 34.3 Å². The summed E-state index contributed by atoms with van der Waals surface area (Å²) in [6.45, 7) is 3.57. The number of methoxy groups -OCH3 is 1. The smallest absolute Gasteiger partial charge is 0.313 e. The van der Waals surface area contributed by atoms with Gasteiger partial charge in [-0.05, 0) is 31.5 Å². The van der Waals surface area contributed by atoms with E-state index in [4.69, 9.17) is 10.5 Å². The normalized spacial score (nSPS) is 12.5. The van der Waals surface area contributed by atoms with Gasteiger partial charge in [-0.25, -0.2) is 0 Å². The van der Waals surface area contributed by atoms with Crippen LogP contribution in [-0.2, 0) is 9.53 Å². The molecule has 17 heavy (non-hydrogen) atoms. The van der Waals surface area contributed by atoms with Crippen molar-refractivity contribution < 1.29 is 9.53 Å². The molecule has 2 N–H and O–H groups in total. The Labute approximate surface area is 116 Å². The van der Waals surface area contributed by atoms with Gasteiger partial charge in [-0.1, -0.05) is 28.1 Å². The number of benzene rings is 1. The molecule has 0 bridgehead atoms. The van der Waals surface area contributed by atoms with Gasteiger partial charge in [0, 0.05) is 10.5 Å². The van der Waals surface area contributed by atoms with Crippen molar-refractivity contribution in [2.75, 3.05) is 7.11 Å². The fourth-order valence-electron chi connectivity index (χ4n) is 1.48. The van der Waals surface area contributed by atoms with Crippen LogP contribution in [0.2, 0.25) is 0 Å². The summed E-state index contributed by atoms with van der Waals surface area (Å²) < 4.78 is 5.74. The molecule has 0 aliphatic rings. The number of carbonyl (C=O) groups excluding carboxylic acids is 1. The molecule has 96 valence electrons. The average Bonchev–Trinajstić information content (AvgIpc) is 2.28. The molecule has 1 aromatic rings. The molecule has 0 radical (unpaired) electrons. The van der Waals surface area contributed by atoms with Crippen LogP contribution >= 0.6 is 28.3 Å². The van der Waals surface area contributed by atoms with E-state index < -0.39 is 5.41 Å². The van der Waals surface area contributed by atoms with Crippen LogP contribution in [0.15, 0.2) is 28.7 Å². The summed E-state index contributed by atoms with van der Waals surface area (Å²) >= 11 is 3.36. The highest BCUT2D eigenvalue weighted by Crippen LogP contribution is 2.32. The first kappa shape index (κ1) is 16.4. The predicted molar refractivity (Wildman–Crippen MR) is 74.1 cm³/mol. The summed E-state index contributed by atoms with van der Waals surface area (Å²) in [5, 5.41) is 0. The molecule has 0 spiro atoms. The molecule has 1 rings (SSSR count). The molecule has 5 heteroatoms. The summed E-state index contributed by atoms with van der Waals surface area (Å²) in [5.41, 5.74) is 6.27. The molecule has 0 amide bonds. The Balaban J connectivity index is 0.00000256. The van der Waals surface area contributed by atoms with Crippen LogP contribution in [-0.4, -0.2) is 13.1 Å². The Bertz CT molecular complexity index is 379. The van der Waals surface area contributed by atoms with Gasteiger partial charge < -0.3 is 10.5 Å². The standard InChI is InChI=1S/C12H16BrNO2.ClH/c1-12(2,11(15)16-3)10(14)8-4-6-9(13)7-5-8;/h4-7,10H,14H2,1-3H3;1H/t10-;/m1./s1. The third-order valence-electron chi connectivity index (χ3n) is 2.72. The van der Waals surface area contributed by atoms with E-state index in [1.165, 1.54) is 7.11 Å². The zero-order chi connectivity index (χ0) is 12.3. The number of rotatable bonds is 3. The van der Waals surface area contributed by atoms with Crippen LogP contribution in [0, 0.1) is 5.41 Å². The van der Waals surface area contributed by atoms with E-state index >= 15 is 0 Å². The van der Waals surface area contributed by atoms with Crippen molar-refractivity contribution in [1.29, 1.82) is 0 Å². The molecule has 0 saturated carbocycles. The fourth-order valence-corrected chi connectivity index (χ4v) is 1.74. The number of halogens is 2. The molecule has 0 saturated heterocycles. The van der Waals surface area contributed by atoms with Crippen molar-refractivity contribution in [2.24, 2.45) is 11.1 Å². The Hall–Kier alpha value is -0.580. The van der Waals surface area contributed by atoms with Gasteiger partial charge in [-0.3, -0.25) is 4.79 Å². The van der Waals surface area contributed by atoms with Crippen LogP contribution < -0.4 is 5.73 Å². The Morgan fingerprint density at radius 2 is 1.82 bits per heavy atom. The summed E-state index contributed by atoms with van der Waals surface area (Å²) in [5.74, 6) is -0.303. The quantitative estimate of drug-likeness (QED) is 0.870. The molecule has 0 aromatic heterocycles. The van der Waals surface area contributed by atoms with Gasteiger partial charge in [0.1, 0.15) is 0 Å². The Kier molecular flexibility index (Phi) is 6.16. The lowest BCUT2D eigenvalue weighted by atomic mass is 9.81. The third kappa shape index (κ3) is 3.69. The lowest BCUT2D eigenvalue weighted by Crippen LogP contribution is -2.37. The van der Waals surface area contributed by atoms with Gasteiger partial charge in [0.15, 0.2) is 0 Å². The minimum Gasteiger partial charge on any atom is -0.469 e. The molecule has 0 aliphatic heterocycles. The monoisotopic (exact) mass is 321 g/mol. The summed E-state index contributed by atoms with van der Waals surface area (Å²) in [6.07, 6.45) is 0. The Morgan fingerprint density at radius 1 is 1.35 bits per heavy atom. The van der Waals surface area contributed by atoms with E-state index in [1.54, 1.807) is 13.8 Å². The van der Waals surface area contributed by atoms with Crippen molar-refractivity contribution in [3.63, 3.8) is 0 Å². The number of hydrogen-bond donors (Lipinski definition) is 1. The Morgan fingerprint density at radius 3 is 2.24 bits per heavy atom. The second-order valence-corrected chi connectivity index (χ2v) is 5.16. The average molecular weight is 323 g/mol. The van der Waals surface area contributed by atoms with Crippen LogP contribution in [0.4, 0.5) is 0 Å². The van der Waals surface area contributed by atoms with Gasteiger partial charge in [-0.15, -0.1) is 12.4 Å². The SMILES string of the molecule is COC(=O)C(C)(C)[C@H](N)c1ccc(Br)cc1.Cl. The fraction of sp³-hybridized carbons (Fsp3) is 0.417. The number of esters is 1. The van der Waals surface area contributed by atoms with Crippen molar-refractivity contribution in [1.82, 2.24) is 0 Å². The van der Waals surface area contributed by atoms with Gasteiger partial charge in [0.25, 0.3) is 0 Å². The van der Waals surface area contributed by atoms with Crippen LogP contribution in [0.1, 0.15) is 25.5 Å². The van der Waals surface area contributed by atoms with Crippen LogP contribution in [0.25, 0.3) is 0 Å². The summed E-state index contributed by atoms with van der Waals surface area (Å²) in [7, 11) is 1.37. The molecule has 1 aromatic carbocycles. The van der Waals surface area contributed by atoms with E-state index in [-0.39, 0.29) is 24.4 Å². The molecular weight excluding hydrogens is 305 g/mol. The number of ether oxygens (including phenoxy) is 1. The molecule has 0 fully saturated rings. The van der Waals surface area contributed by atoms with Crippen molar-refractivity contribution >= 4 is 34.3 Å². The molecule has 0 heterocycles. The first-order chi connectivity index (χ1) is 7.39. The van der Waals surface area contributed by atoms with Gasteiger partial charge in [0.2, 0.25) is 0 Å². The van der Waals surface area contributed by atoms with E-state index in [0.717, 1.165) is 10.0 Å². The molecular formula is C12H17BrClNO2. The van der Waals surface area contributed by atoms with E-state index in [1.807, 2.05) is 24.3 Å². The minimum absolute atomic E-state index is 0. The second-order valence-electron chi connectivity index (χ2n) is 4.24. The number of nitrogens with two attached hydrogens (primary N) is 1. The van der Waals surface area contributed by atoms with Crippen molar-refractivity contribution in [3.8, 4) is 0 Å². The maximum absolute atomic E-state index is 11.6. The van der Waals surface area contributed by atoms with E-state index in [2.05, 4.69) is 15.9 Å². The molecule has 3 nitrogen and oxygen atoms in total.